The average molecular weight is 337 g/mol. The molecule has 0 saturated carbocycles. The van der Waals surface area contributed by atoms with Crippen LogP contribution in [0.25, 0.3) is 0 Å². The summed E-state index contributed by atoms with van der Waals surface area (Å²) in [5.41, 5.74) is 1.19. The molecule has 1 fully saturated rings. The van der Waals surface area contributed by atoms with Crippen LogP contribution in [0, 0.1) is 6.92 Å². The van der Waals surface area contributed by atoms with Gasteiger partial charge in [0.2, 0.25) is 0 Å². The monoisotopic (exact) mass is 335 g/mol. The number of halogens is 2. The molecule has 0 aromatic carbocycles. The van der Waals surface area contributed by atoms with E-state index in [1.54, 1.807) is 0 Å². The first-order valence-corrected chi connectivity index (χ1v) is 6.07. The Hall–Kier alpha value is -0.160. The van der Waals surface area contributed by atoms with E-state index in [1.807, 2.05) is 13.1 Å². The Morgan fingerprint density at radius 1 is 1.40 bits per heavy atom. The summed E-state index contributed by atoms with van der Waals surface area (Å²) >= 11 is 3.47. The maximum absolute atomic E-state index is 4.51. The molecule has 5 heteroatoms. The first-order valence-electron chi connectivity index (χ1n) is 4.94. The standard InChI is InChI=1S/C10H14BrN3.BrH/c1-8-12-7-9(6-11)10(13-8)14-4-2-3-5-14;/h7H,2-6H2,1H3;1H. The average Bonchev–Trinajstić information content (AvgIpc) is 2.70. The van der Waals surface area contributed by atoms with E-state index in [-0.39, 0.29) is 17.0 Å². The minimum absolute atomic E-state index is 0. The van der Waals surface area contributed by atoms with Crippen molar-refractivity contribution in [3.63, 3.8) is 0 Å². The molecule has 0 atom stereocenters. The van der Waals surface area contributed by atoms with E-state index in [0.717, 1.165) is 30.1 Å². The summed E-state index contributed by atoms with van der Waals surface area (Å²) in [6.07, 6.45) is 4.49. The largest absolute Gasteiger partial charge is 0.356 e. The first-order chi connectivity index (χ1) is 6.81. The van der Waals surface area contributed by atoms with Gasteiger partial charge >= 0.3 is 0 Å². The summed E-state index contributed by atoms with van der Waals surface area (Å²) in [4.78, 5) is 11.1. The summed E-state index contributed by atoms with van der Waals surface area (Å²) in [5, 5.41) is 0.832. The molecule has 0 radical (unpaired) electrons. The summed E-state index contributed by atoms with van der Waals surface area (Å²) in [6.45, 7) is 4.21. The van der Waals surface area contributed by atoms with Crippen LogP contribution in [0.4, 0.5) is 5.82 Å². The van der Waals surface area contributed by atoms with Crippen molar-refractivity contribution >= 4 is 38.7 Å². The highest BCUT2D eigenvalue weighted by atomic mass is 79.9. The first kappa shape index (κ1) is 12.9. The number of hydrogen-bond donors (Lipinski definition) is 0. The normalized spacial score (nSPS) is 15.2. The van der Waals surface area contributed by atoms with E-state index >= 15 is 0 Å². The van der Waals surface area contributed by atoms with Crippen LogP contribution in [0.3, 0.4) is 0 Å². The van der Waals surface area contributed by atoms with E-state index in [2.05, 4.69) is 30.8 Å². The molecule has 0 N–H and O–H groups in total. The highest BCUT2D eigenvalue weighted by molar-refractivity contribution is 9.08. The molecule has 0 unspecified atom stereocenters. The van der Waals surface area contributed by atoms with Crippen molar-refractivity contribution in [2.45, 2.75) is 25.1 Å². The molecule has 0 aliphatic carbocycles. The Morgan fingerprint density at radius 2 is 2.07 bits per heavy atom. The zero-order valence-electron chi connectivity index (χ0n) is 8.74. The van der Waals surface area contributed by atoms with E-state index < -0.39 is 0 Å². The van der Waals surface area contributed by atoms with E-state index in [0.29, 0.717) is 0 Å². The van der Waals surface area contributed by atoms with Gasteiger partial charge in [0.1, 0.15) is 11.6 Å². The molecule has 1 aliphatic heterocycles. The van der Waals surface area contributed by atoms with Gasteiger partial charge in [0, 0.05) is 30.2 Å². The minimum atomic E-state index is 0. The molecule has 1 aromatic heterocycles. The lowest BCUT2D eigenvalue weighted by Gasteiger charge is -2.19. The molecule has 1 aliphatic rings. The number of rotatable bonds is 2. The van der Waals surface area contributed by atoms with Gasteiger partial charge in [0.05, 0.1) is 0 Å². The van der Waals surface area contributed by atoms with Gasteiger partial charge in [-0.1, -0.05) is 15.9 Å². The summed E-state index contributed by atoms with van der Waals surface area (Å²) in [5.74, 6) is 1.98. The Labute approximate surface area is 109 Å². The molecule has 0 amide bonds. The van der Waals surface area contributed by atoms with Crippen molar-refractivity contribution in [3.8, 4) is 0 Å². The second-order valence-electron chi connectivity index (χ2n) is 3.59. The SMILES string of the molecule is Br.Cc1ncc(CBr)c(N2CCCC2)n1. The third-order valence-electron chi connectivity index (χ3n) is 2.51. The van der Waals surface area contributed by atoms with Crippen molar-refractivity contribution in [1.29, 1.82) is 0 Å². The van der Waals surface area contributed by atoms with Gasteiger partial charge in [-0.2, -0.15) is 0 Å². The van der Waals surface area contributed by atoms with Crippen LogP contribution in [-0.4, -0.2) is 23.1 Å². The van der Waals surface area contributed by atoms with Gasteiger partial charge in [0.25, 0.3) is 0 Å². The van der Waals surface area contributed by atoms with E-state index in [9.17, 15) is 0 Å². The summed E-state index contributed by atoms with van der Waals surface area (Å²) in [6, 6.07) is 0. The quantitative estimate of drug-likeness (QED) is 0.778. The molecular formula is C10H15Br2N3. The molecule has 1 saturated heterocycles. The van der Waals surface area contributed by atoms with Crippen molar-refractivity contribution in [2.75, 3.05) is 18.0 Å². The number of alkyl halides is 1. The fourth-order valence-electron chi connectivity index (χ4n) is 1.78. The number of nitrogens with zero attached hydrogens (tertiary/aromatic N) is 3. The molecule has 84 valence electrons. The van der Waals surface area contributed by atoms with Gasteiger partial charge in [-0.3, -0.25) is 0 Å². The third-order valence-corrected chi connectivity index (χ3v) is 3.12. The lowest BCUT2D eigenvalue weighted by Crippen LogP contribution is -2.21. The van der Waals surface area contributed by atoms with E-state index in [1.165, 1.54) is 18.4 Å². The molecule has 0 spiro atoms. The van der Waals surface area contributed by atoms with Gasteiger partial charge in [-0.25, -0.2) is 9.97 Å². The number of hydrogen-bond acceptors (Lipinski definition) is 3. The second-order valence-corrected chi connectivity index (χ2v) is 4.15. The van der Waals surface area contributed by atoms with Crippen LogP contribution in [0.2, 0.25) is 0 Å². The van der Waals surface area contributed by atoms with E-state index in [4.69, 9.17) is 0 Å². The van der Waals surface area contributed by atoms with Crippen molar-refractivity contribution in [3.05, 3.63) is 17.6 Å². The van der Waals surface area contributed by atoms with Crippen molar-refractivity contribution in [1.82, 2.24) is 9.97 Å². The molecule has 1 aromatic rings. The lowest BCUT2D eigenvalue weighted by atomic mass is 10.3. The minimum Gasteiger partial charge on any atom is -0.356 e. The second kappa shape index (κ2) is 5.80. The van der Waals surface area contributed by atoms with Crippen LogP contribution in [0.5, 0.6) is 0 Å². The van der Waals surface area contributed by atoms with Gasteiger partial charge < -0.3 is 4.90 Å². The van der Waals surface area contributed by atoms with Crippen molar-refractivity contribution < 1.29 is 0 Å². The van der Waals surface area contributed by atoms with Crippen LogP contribution < -0.4 is 4.90 Å². The number of aromatic nitrogens is 2. The predicted molar refractivity (Wildman–Crippen MR) is 71.2 cm³/mol. The van der Waals surface area contributed by atoms with Crippen LogP contribution in [-0.2, 0) is 5.33 Å². The predicted octanol–water partition coefficient (Wildman–Crippen LogP) is 2.86. The fourth-order valence-corrected chi connectivity index (χ4v) is 2.18. The van der Waals surface area contributed by atoms with Crippen LogP contribution in [0.1, 0.15) is 24.2 Å². The summed E-state index contributed by atoms with van der Waals surface area (Å²) < 4.78 is 0. The Morgan fingerprint density at radius 3 is 2.67 bits per heavy atom. The van der Waals surface area contributed by atoms with Crippen LogP contribution in [0.15, 0.2) is 6.20 Å². The maximum atomic E-state index is 4.51. The molecule has 3 nitrogen and oxygen atoms in total. The summed E-state index contributed by atoms with van der Waals surface area (Å²) in [7, 11) is 0. The zero-order chi connectivity index (χ0) is 9.97. The molecule has 2 rings (SSSR count). The van der Waals surface area contributed by atoms with Gasteiger partial charge in [-0.15, -0.1) is 17.0 Å². The maximum Gasteiger partial charge on any atom is 0.136 e. The number of aryl methyl sites for hydroxylation is 1. The molecule has 0 bridgehead atoms. The fraction of sp³-hybridized carbons (Fsp3) is 0.600. The van der Waals surface area contributed by atoms with Gasteiger partial charge in [-0.05, 0) is 19.8 Å². The molecule has 2 heterocycles. The third kappa shape index (κ3) is 2.91. The van der Waals surface area contributed by atoms with Crippen molar-refractivity contribution in [2.24, 2.45) is 0 Å². The highest BCUT2D eigenvalue weighted by Crippen LogP contribution is 2.23. The highest BCUT2D eigenvalue weighted by Gasteiger charge is 2.16. The number of anilines is 1. The van der Waals surface area contributed by atoms with Crippen LogP contribution >= 0.6 is 32.9 Å². The topological polar surface area (TPSA) is 29.0 Å². The Bertz CT molecular complexity index is 324. The molecule has 15 heavy (non-hydrogen) atoms. The van der Waals surface area contributed by atoms with Gasteiger partial charge in [0.15, 0.2) is 0 Å². The zero-order valence-corrected chi connectivity index (χ0v) is 12.0. The Balaban J connectivity index is 0.00000112. The lowest BCUT2D eigenvalue weighted by molar-refractivity contribution is 0.896. The molecular weight excluding hydrogens is 322 g/mol. The Kier molecular flexibility index (Phi) is 4.99. The smallest absolute Gasteiger partial charge is 0.136 e.